The standard InChI is InChI=1S/C17H26N2O2/c1-6-18(7-2)17(21)11-12-19(15(5)20)16-10-8-9-13(3)14(16)4/h8-10H,6-7,11-12H2,1-5H3. The minimum Gasteiger partial charge on any atom is -0.343 e. The maximum Gasteiger partial charge on any atom is 0.224 e. The van der Waals surface area contributed by atoms with Crippen LogP contribution in [-0.2, 0) is 9.59 Å². The lowest BCUT2D eigenvalue weighted by Gasteiger charge is -2.25. The molecule has 4 heteroatoms. The SMILES string of the molecule is CCN(CC)C(=O)CCN(C(C)=O)c1cccc(C)c1C. The third kappa shape index (κ3) is 4.31. The van der Waals surface area contributed by atoms with Crippen molar-refractivity contribution in [2.45, 2.75) is 41.0 Å². The van der Waals surface area contributed by atoms with Gasteiger partial charge in [0.15, 0.2) is 0 Å². The Hall–Kier alpha value is -1.84. The first-order chi connectivity index (χ1) is 9.92. The predicted octanol–water partition coefficient (Wildman–Crippen LogP) is 2.91. The number of anilines is 1. The van der Waals surface area contributed by atoms with Crippen LogP contribution in [0.25, 0.3) is 0 Å². The molecule has 116 valence electrons. The molecule has 0 aliphatic heterocycles. The van der Waals surface area contributed by atoms with E-state index in [9.17, 15) is 9.59 Å². The third-order valence-corrected chi connectivity index (χ3v) is 3.91. The van der Waals surface area contributed by atoms with E-state index in [0.29, 0.717) is 26.1 Å². The van der Waals surface area contributed by atoms with Crippen LogP contribution < -0.4 is 4.90 Å². The number of amides is 2. The van der Waals surface area contributed by atoms with Crippen molar-refractivity contribution < 1.29 is 9.59 Å². The lowest BCUT2D eigenvalue weighted by molar-refractivity contribution is -0.130. The zero-order valence-electron chi connectivity index (χ0n) is 13.8. The Bertz CT molecular complexity index is 508. The Morgan fingerprint density at radius 1 is 1.10 bits per heavy atom. The van der Waals surface area contributed by atoms with Gasteiger partial charge in [-0.15, -0.1) is 0 Å². The quantitative estimate of drug-likeness (QED) is 0.808. The molecule has 1 aromatic rings. The van der Waals surface area contributed by atoms with Crippen molar-refractivity contribution in [2.24, 2.45) is 0 Å². The lowest BCUT2D eigenvalue weighted by Crippen LogP contribution is -2.36. The molecule has 0 N–H and O–H groups in total. The van der Waals surface area contributed by atoms with Crippen LogP contribution in [0.15, 0.2) is 18.2 Å². The summed E-state index contributed by atoms with van der Waals surface area (Å²) in [6.45, 7) is 11.4. The van der Waals surface area contributed by atoms with Crippen LogP contribution in [-0.4, -0.2) is 36.3 Å². The molecule has 0 spiro atoms. The lowest BCUT2D eigenvalue weighted by atomic mass is 10.1. The Kier molecular flexibility index (Phi) is 6.40. The van der Waals surface area contributed by atoms with E-state index < -0.39 is 0 Å². The van der Waals surface area contributed by atoms with E-state index in [-0.39, 0.29) is 11.8 Å². The summed E-state index contributed by atoms with van der Waals surface area (Å²) in [7, 11) is 0. The van der Waals surface area contributed by atoms with E-state index in [4.69, 9.17) is 0 Å². The molecular formula is C17H26N2O2. The highest BCUT2D eigenvalue weighted by atomic mass is 16.2. The molecule has 0 atom stereocenters. The van der Waals surface area contributed by atoms with Crippen LogP contribution in [0.5, 0.6) is 0 Å². The molecule has 1 aromatic carbocycles. The second-order valence-electron chi connectivity index (χ2n) is 5.21. The Labute approximate surface area is 127 Å². The number of hydrogen-bond acceptors (Lipinski definition) is 2. The third-order valence-electron chi connectivity index (χ3n) is 3.91. The smallest absolute Gasteiger partial charge is 0.224 e. The zero-order chi connectivity index (χ0) is 16.0. The number of nitrogens with zero attached hydrogens (tertiary/aromatic N) is 2. The van der Waals surface area contributed by atoms with Gasteiger partial charge in [0.2, 0.25) is 11.8 Å². The van der Waals surface area contributed by atoms with Gasteiger partial charge in [0.1, 0.15) is 0 Å². The fourth-order valence-electron chi connectivity index (χ4n) is 2.42. The average molecular weight is 290 g/mol. The molecule has 4 nitrogen and oxygen atoms in total. The molecule has 0 bridgehead atoms. The molecule has 0 fully saturated rings. The molecule has 2 amide bonds. The van der Waals surface area contributed by atoms with E-state index in [1.807, 2.05) is 45.9 Å². The van der Waals surface area contributed by atoms with Crippen molar-refractivity contribution in [3.05, 3.63) is 29.3 Å². The summed E-state index contributed by atoms with van der Waals surface area (Å²) in [4.78, 5) is 27.5. The van der Waals surface area contributed by atoms with Crippen LogP contribution in [0, 0.1) is 13.8 Å². The number of carbonyl (C=O) groups excluding carboxylic acids is 2. The maximum absolute atomic E-state index is 12.1. The molecule has 0 heterocycles. The summed E-state index contributed by atoms with van der Waals surface area (Å²) >= 11 is 0. The van der Waals surface area contributed by atoms with Gasteiger partial charge in [-0.05, 0) is 44.9 Å². The van der Waals surface area contributed by atoms with Gasteiger partial charge >= 0.3 is 0 Å². The highest BCUT2D eigenvalue weighted by Crippen LogP contribution is 2.23. The Morgan fingerprint density at radius 3 is 2.24 bits per heavy atom. The van der Waals surface area contributed by atoms with E-state index in [1.165, 1.54) is 0 Å². The van der Waals surface area contributed by atoms with Gasteiger partial charge in [0.25, 0.3) is 0 Å². The van der Waals surface area contributed by atoms with Crippen molar-refractivity contribution in [3.63, 3.8) is 0 Å². The fraction of sp³-hybridized carbons (Fsp3) is 0.529. The summed E-state index contributed by atoms with van der Waals surface area (Å²) in [6.07, 6.45) is 0.356. The van der Waals surface area contributed by atoms with Crippen molar-refractivity contribution in [1.82, 2.24) is 4.90 Å². The first-order valence-corrected chi connectivity index (χ1v) is 7.54. The molecule has 1 rings (SSSR count). The largest absolute Gasteiger partial charge is 0.343 e. The minimum atomic E-state index is -0.0314. The van der Waals surface area contributed by atoms with Gasteiger partial charge in [0.05, 0.1) is 0 Å². The van der Waals surface area contributed by atoms with Crippen LogP contribution in [0.1, 0.15) is 38.3 Å². The zero-order valence-corrected chi connectivity index (χ0v) is 13.8. The van der Waals surface area contributed by atoms with Gasteiger partial charge in [0, 0.05) is 38.7 Å². The highest BCUT2D eigenvalue weighted by Gasteiger charge is 2.17. The van der Waals surface area contributed by atoms with E-state index >= 15 is 0 Å². The number of aryl methyl sites for hydroxylation is 1. The molecule has 0 aliphatic carbocycles. The highest BCUT2D eigenvalue weighted by molar-refractivity contribution is 5.93. The number of benzene rings is 1. The summed E-state index contributed by atoms with van der Waals surface area (Å²) in [5.74, 6) is 0.0626. The molecule has 0 radical (unpaired) electrons. The number of hydrogen-bond donors (Lipinski definition) is 0. The molecular weight excluding hydrogens is 264 g/mol. The molecule has 0 saturated heterocycles. The van der Waals surface area contributed by atoms with Crippen molar-refractivity contribution >= 4 is 17.5 Å². The monoisotopic (exact) mass is 290 g/mol. The first-order valence-electron chi connectivity index (χ1n) is 7.54. The average Bonchev–Trinajstić information content (AvgIpc) is 2.44. The summed E-state index contributed by atoms with van der Waals surface area (Å²) in [5.41, 5.74) is 3.13. The van der Waals surface area contributed by atoms with Crippen molar-refractivity contribution in [3.8, 4) is 0 Å². The molecule has 21 heavy (non-hydrogen) atoms. The van der Waals surface area contributed by atoms with Gasteiger partial charge in [-0.3, -0.25) is 9.59 Å². The Morgan fingerprint density at radius 2 is 1.71 bits per heavy atom. The fourth-order valence-corrected chi connectivity index (χ4v) is 2.42. The number of rotatable bonds is 6. The van der Waals surface area contributed by atoms with Crippen molar-refractivity contribution in [2.75, 3.05) is 24.5 Å². The van der Waals surface area contributed by atoms with Crippen LogP contribution >= 0.6 is 0 Å². The van der Waals surface area contributed by atoms with Crippen LogP contribution in [0.3, 0.4) is 0 Å². The van der Waals surface area contributed by atoms with Gasteiger partial charge in [-0.25, -0.2) is 0 Å². The molecule has 0 saturated carbocycles. The summed E-state index contributed by atoms with van der Waals surface area (Å²) < 4.78 is 0. The second kappa shape index (κ2) is 7.81. The van der Waals surface area contributed by atoms with E-state index in [1.54, 1.807) is 16.7 Å². The van der Waals surface area contributed by atoms with E-state index in [0.717, 1.165) is 16.8 Å². The van der Waals surface area contributed by atoms with Gasteiger partial charge in [-0.1, -0.05) is 12.1 Å². The maximum atomic E-state index is 12.1. The van der Waals surface area contributed by atoms with Crippen LogP contribution in [0.2, 0.25) is 0 Å². The second-order valence-corrected chi connectivity index (χ2v) is 5.21. The van der Waals surface area contributed by atoms with Crippen molar-refractivity contribution in [1.29, 1.82) is 0 Å². The van der Waals surface area contributed by atoms with E-state index in [2.05, 4.69) is 0 Å². The minimum absolute atomic E-state index is 0.0314. The first kappa shape index (κ1) is 17.2. The normalized spacial score (nSPS) is 10.3. The topological polar surface area (TPSA) is 40.6 Å². The molecule has 0 aromatic heterocycles. The number of carbonyl (C=O) groups is 2. The van der Waals surface area contributed by atoms with Crippen LogP contribution in [0.4, 0.5) is 5.69 Å². The predicted molar refractivity (Wildman–Crippen MR) is 86.5 cm³/mol. The van der Waals surface area contributed by atoms with Gasteiger partial charge in [-0.2, -0.15) is 0 Å². The summed E-state index contributed by atoms with van der Waals surface area (Å²) in [6, 6.07) is 5.91. The molecule has 0 unspecified atom stereocenters. The summed E-state index contributed by atoms with van der Waals surface area (Å²) in [5, 5.41) is 0. The molecule has 0 aliphatic rings. The Balaban J connectivity index is 2.87. The van der Waals surface area contributed by atoms with Gasteiger partial charge < -0.3 is 9.80 Å².